The molecule has 1 saturated heterocycles. The van der Waals surface area contributed by atoms with E-state index in [2.05, 4.69) is 29.8 Å². The van der Waals surface area contributed by atoms with Gasteiger partial charge in [0, 0.05) is 28.1 Å². The summed E-state index contributed by atoms with van der Waals surface area (Å²) < 4.78 is 27.6. The third-order valence-electron chi connectivity index (χ3n) is 2.54. The zero-order valence-corrected chi connectivity index (χ0v) is 13.6. The Morgan fingerprint density at radius 1 is 1.35 bits per heavy atom. The van der Waals surface area contributed by atoms with E-state index in [1.54, 1.807) is 15.8 Å². The lowest BCUT2D eigenvalue weighted by Gasteiger charge is -2.33. The highest BCUT2D eigenvalue weighted by Gasteiger charge is 2.33. The Hall–Kier alpha value is 0.440. The monoisotopic (exact) mass is 355 g/mol. The molecule has 1 aliphatic rings. The Labute approximate surface area is 119 Å². The first kappa shape index (κ1) is 13.9. The van der Waals surface area contributed by atoms with Crippen molar-refractivity contribution in [1.82, 2.24) is 4.31 Å². The molecular weight excluding hydrogens is 342 g/mol. The summed E-state index contributed by atoms with van der Waals surface area (Å²) in [5.74, 6) is 0. The molecule has 2 heterocycles. The molecule has 17 heavy (non-hydrogen) atoms. The maximum Gasteiger partial charge on any atom is 0.253 e. The fourth-order valence-corrected chi connectivity index (χ4v) is 7.49. The van der Waals surface area contributed by atoms with E-state index in [1.807, 2.05) is 11.8 Å². The van der Waals surface area contributed by atoms with Gasteiger partial charge in [0.2, 0.25) is 0 Å². The van der Waals surface area contributed by atoms with Gasteiger partial charge in [-0.1, -0.05) is 13.8 Å². The smallest absolute Gasteiger partial charge is 0.206 e. The van der Waals surface area contributed by atoms with E-state index in [1.165, 1.54) is 11.3 Å². The van der Waals surface area contributed by atoms with Gasteiger partial charge < -0.3 is 0 Å². The molecule has 0 spiro atoms. The van der Waals surface area contributed by atoms with E-state index in [0.717, 1.165) is 0 Å². The van der Waals surface area contributed by atoms with E-state index in [-0.39, 0.29) is 0 Å². The maximum atomic E-state index is 12.5. The third kappa shape index (κ3) is 2.89. The molecule has 0 N–H and O–H groups in total. The molecule has 2 unspecified atom stereocenters. The lowest BCUT2D eigenvalue weighted by molar-refractivity contribution is 0.406. The first-order chi connectivity index (χ1) is 7.91. The number of sulfonamides is 1. The summed E-state index contributed by atoms with van der Waals surface area (Å²) in [6.45, 7) is 5.35. The van der Waals surface area contributed by atoms with E-state index in [0.29, 0.717) is 32.3 Å². The average molecular weight is 356 g/mol. The number of hydrogen-bond donors (Lipinski definition) is 0. The lowest BCUT2D eigenvalue weighted by atomic mass is 10.4. The number of thiophene rings is 1. The van der Waals surface area contributed by atoms with Crippen LogP contribution in [0.4, 0.5) is 0 Å². The van der Waals surface area contributed by atoms with Crippen LogP contribution in [0.1, 0.15) is 13.8 Å². The van der Waals surface area contributed by atoms with Crippen molar-refractivity contribution in [3.8, 4) is 0 Å². The van der Waals surface area contributed by atoms with Crippen LogP contribution in [0.3, 0.4) is 0 Å². The number of nitrogens with zero attached hydrogens (tertiary/aromatic N) is 1. The summed E-state index contributed by atoms with van der Waals surface area (Å²) >= 11 is 6.42. The summed E-state index contributed by atoms with van der Waals surface area (Å²) in [7, 11) is -3.32. The van der Waals surface area contributed by atoms with Crippen LogP contribution in [0.2, 0.25) is 0 Å². The van der Waals surface area contributed by atoms with Gasteiger partial charge >= 0.3 is 0 Å². The highest BCUT2D eigenvalue weighted by atomic mass is 79.9. The highest BCUT2D eigenvalue weighted by molar-refractivity contribution is 9.10. The van der Waals surface area contributed by atoms with Crippen molar-refractivity contribution in [2.75, 3.05) is 13.1 Å². The fourth-order valence-electron chi connectivity index (χ4n) is 1.91. The Kier molecular flexibility index (Phi) is 4.24. The predicted octanol–water partition coefficient (Wildman–Crippen LogP) is 3.03. The van der Waals surface area contributed by atoms with Crippen molar-refractivity contribution < 1.29 is 8.42 Å². The molecule has 0 aliphatic carbocycles. The van der Waals surface area contributed by atoms with Gasteiger partial charge in [-0.2, -0.15) is 16.1 Å². The zero-order chi connectivity index (χ0) is 12.6. The molecule has 1 aromatic heterocycles. The third-order valence-corrected chi connectivity index (χ3v) is 8.25. The van der Waals surface area contributed by atoms with Crippen LogP contribution in [-0.2, 0) is 10.0 Å². The molecule has 0 bridgehead atoms. The minimum absolute atomic E-state index is 0.354. The van der Waals surface area contributed by atoms with Crippen molar-refractivity contribution in [1.29, 1.82) is 0 Å². The fraction of sp³-hybridized carbons (Fsp3) is 0.600. The molecule has 1 aromatic rings. The van der Waals surface area contributed by atoms with Crippen LogP contribution in [0, 0.1) is 0 Å². The second kappa shape index (κ2) is 5.21. The maximum absolute atomic E-state index is 12.5. The largest absolute Gasteiger partial charge is 0.253 e. The molecule has 0 amide bonds. The van der Waals surface area contributed by atoms with Crippen LogP contribution >= 0.6 is 39.0 Å². The molecule has 0 saturated carbocycles. The summed E-state index contributed by atoms with van der Waals surface area (Å²) in [6.07, 6.45) is 0. The first-order valence-electron chi connectivity index (χ1n) is 5.30. The van der Waals surface area contributed by atoms with Crippen molar-refractivity contribution in [2.45, 2.75) is 28.6 Å². The van der Waals surface area contributed by atoms with Gasteiger partial charge in [-0.25, -0.2) is 8.42 Å². The Morgan fingerprint density at radius 3 is 2.41 bits per heavy atom. The second-order valence-corrected chi connectivity index (χ2v) is 9.92. The SMILES string of the molecule is CC1CN(S(=O)(=O)c2sccc2Br)CC(C)S1. The van der Waals surface area contributed by atoms with Gasteiger partial charge in [-0.15, -0.1) is 11.3 Å². The molecule has 0 radical (unpaired) electrons. The van der Waals surface area contributed by atoms with E-state index < -0.39 is 10.0 Å². The first-order valence-corrected chi connectivity index (χ1v) is 9.35. The van der Waals surface area contributed by atoms with Gasteiger partial charge in [0.05, 0.1) is 0 Å². The van der Waals surface area contributed by atoms with Crippen molar-refractivity contribution >= 4 is 49.1 Å². The highest BCUT2D eigenvalue weighted by Crippen LogP contribution is 2.34. The number of rotatable bonds is 2. The standard InChI is InChI=1S/C10H14BrNO2S3/c1-7-5-12(6-8(2)16-7)17(13,14)10-9(11)3-4-15-10/h3-4,7-8H,5-6H2,1-2H3. The summed E-state index contributed by atoms with van der Waals surface area (Å²) in [5.41, 5.74) is 0. The Morgan fingerprint density at radius 2 is 1.94 bits per heavy atom. The van der Waals surface area contributed by atoms with Crippen molar-refractivity contribution in [3.63, 3.8) is 0 Å². The molecule has 2 atom stereocenters. The van der Waals surface area contributed by atoms with Crippen LogP contribution < -0.4 is 0 Å². The molecule has 0 aromatic carbocycles. The van der Waals surface area contributed by atoms with E-state index in [9.17, 15) is 8.42 Å². The topological polar surface area (TPSA) is 37.4 Å². The molecule has 1 fully saturated rings. The lowest BCUT2D eigenvalue weighted by Crippen LogP contribution is -2.43. The Balaban J connectivity index is 2.30. The molecule has 1 aliphatic heterocycles. The molecule has 3 nitrogen and oxygen atoms in total. The Bertz CT molecular complexity index is 489. The zero-order valence-electron chi connectivity index (χ0n) is 9.59. The van der Waals surface area contributed by atoms with Crippen molar-refractivity contribution in [3.05, 3.63) is 15.9 Å². The van der Waals surface area contributed by atoms with Crippen LogP contribution in [-0.4, -0.2) is 36.3 Å². The van der Waals surface area contributed by atoms with Crippen LogP contribution in [0.15, 0.2) is 20.1 Å². The number of halogens is 1. The van der Waals surface area contributed by atoms with Crippen LogP contribution in [0.25, 0.3) is 0 Å². The van der Waals surface area contributed by atoms with Gasteiger partial charge in [0.1, 0.15) is 4.21 Å². The van der Waals surface area contributed by atoms with E-state index in [4.69, 9.17) is 0 Å². The summed E-state index contributed by atoms with van der Waals surface area (Å²) in [6, 6.07) is 1.78. The van der Waals surface area contributed by atoms with E-state index >= 15 is 0 Å². The average Bonchev–Trinajstić information content (AvgIpc) is 2.63. The summed E-state index contributed by atoms with van der Waals surface area (Å²) in [5, 5.41) is 2.50. The van der Waals surface area contributed by atoms with Crippen LogP contribution in [0.5, 0.6) is 0 Å². The molecule has 2 rings (SSSR count). The van der Waals surface area contributed by atoms with Gasteiger partial charge in [-0.05, 0) is 27.4 Å². The molecule has 96 valence electrons. The van der Waals surface area contributed by atoms with Gasteiger partial charge in [-0.3, -0.25) is 0 Å². The quantitative estimate of drug-likeness (QED) is 0.818. The minimum Gasteiger partial charge on any atom is -0.206 e. The normalized spacial score (nSPS) is 27.2. The number of thioether (sulfide) groups is 1. The minimum atomic E-state index is -3.32. The number of hydrogen-bond acceptors (Lipinski definition) is 4. The summed E-state index contributed by atoms with van der Waals surface area (Å²) in [4.78, 5) is 0. The second-order valence-electron chi connectivity index (χ2n) is 4.14. The van der Waals surface area contributed by atoms with Gasteiger partial charge in [0.15, 0.2) is 0 Å². The van der Waals surface area contributed by atoms with Crippen molar-refractivity contribution in [2.24, 2.45) is 0 Å². The molecule has 7 heteroatoms. The predicted molar refractivity (Wildman–Crippen MR) is 77.3 cm³/mol. The van der Waals surface area contributed by atoms with Gasteiger partial charge in [0.25, 0.3) is 10.0 Å². The molecular formula is C10H14BrNO2S3.